The maximum Gasteiger partial charge on any atom is 0.0357 e. The Bertz CT molecular complexity index is 1120. The van der Waals surface area contributed by atoms with Crippen molar-refractivity contribution in [2.24, 2.45) is 0 Å². The van der Waals surface area contributed by atoms with Gasteiger partial charge < -0.3 is 0 Å². The van der Waals surface area contributed by atoms with Gasteiger partial charge in [0.1, 0.15) is 0 Å². The molecule has 0 aliphatic carbocycles. The van der Waals surface area contributed by atoms with Crippen molar-refractivity contribution < 1.29 is 0 Å². The SMILES string of the molecule is C(=CCN1C(c2ccccc2)CCCC1c1ccccc1)CN(Cc1ccccc1)Cc1ccccc1. The Morgan fingerprint density at radius 2 is 1.00 bits per heavy atom. The highest BCUT2D eigenvalue weighted by Crippen LogP contribution is 2.41. The minimum absolute atomic E-state index is 0.453. The molecule has 5 rings (SSSR count). The fraction of sp³-hybridized carbons (Fsp3) is 0.257. The standard InChI is InChI=1S/C35H38N2/c1-5-16-30(17-6-1)28-36(29-31-18-7-2-8-19-31)26-13-14-27-37-34(32-20-9-3-10-21-32)24-15-25-35(37)33-22-11-4-12-23-33/h1-14,16-23,34-35H,15,24-29H2. The number of rotatable bonds is 10. The van der Waals surface area contributed by atoms with Crippen molar-refractivity contribution in [3.05, 3.63) is 156 Å². The molecule has 1 aliphatic heterocycles. The van der Waals surface area contributed by atoms with Crippen molar-refractivity contribution in [2.75, 3.05) is 13.1 Å². The number of benzene rings is 4. The van der Waals surface area contributed by atoms with Gasteiger partial charge in [0.2, 0.25) is 0 Å². The molecular weight excluding hydrogens is 448 g/mol. The van der Waals surface area contributed by atoms with Crippen molar-refractivity contribution in [3.63, 3.8) is 0 Å². The summed E-state index contributed by atoms with van der Waals surface area (Å²) in [5, 5.41) is 0. The van der Waals surface area contributed by atoms with Gasteiger partial charge in [-0.1, -0.05) is 133 Å². The lowest BCUT2D eigenvalue weighted by molar-refractivity contribution is 0.0961. The van der Waals surface area contributed by atoms with E-state index in [0.29, 0.717) is 12.1 Å². The van der Waals surface area contributed by atoms with Crippen LogP contribution in [-0.2, 0) is 13.1 Å². The fourth-order valence-electron chi connectivity index (χ4n) is 5.66. The van der Waals surface area contributed by atoms with Crippen LogP contribution in [0.1, 0.15) is 53.6 Å². The number of hydrogen-bond donors (Lipinski definition) is 0. The Morgan fingerprint density at radius 1 is 0.568 bits per heavy atom. The third-order valence-corrected chi connectivity index (χ3v) is 7.47. The molecule has 188 valence electrons. The van der Waals surface area contributed by atoms with E-state index in [9.17, 15) is 0 Å². The highest BCUT2D eigenvalue weighted by Gasteiger charge is 2.31. The molecule has 4 aromatic carbocycles. The third-order valence-electron chi connectivity index (χ3n) is 7.47. The molecule has 2 unspecified atom stereocenters. The molecule has 0 radical (unpaired) electrons. The molecule has 4 aromatic rings. The zero-order valence-corrected chi connectivity index (χ0v) is 21.7. The summed E-state index contributed by atoms with van der Waals surface area (Å²) in [6.45, 7) is 3.79. The van der Waals surface area contributed by atoms with Gasteiger partial charge in [-0.3, -0.25) is 9.80 Å². The van der Waals surface area contributed by atoms with E-state index in [1.54, 1.807) is 0 Å². The second-order valence-corrected chi connectivity index (χ2v) is 10.1. The molecule has 1 heterocycles. The van der Waals surface area contributed by atoms with E-state index in [-0.39, 0.29) is 0 Å². The van der Waals surface area contributed by atoms with Crippen LogP contribution in [-0.4, -0.2) is 22.9 Å². The minimum atomic E-state index is 0.453. The van der Waals surface area contributed by atoms with E-state index in [4.69, 9.17) is 0 Å². The van der Waals surface area contributed by atoms with E-state index in [1.165, 1.54) is 41.5 Å². The smallest absolute Gasteiger partial charge is 0.0357 e. The summed E-state index contributed by atoms with van der Waals surface area (Å²) in [7, 11) is 0. The quantitative estimate of drug-likeness (QED) is 0.208. The Labute approximate surface area is 222 Å². The Kier molecular flexibility index (Phi) is 8.98. The summed E-state index contributed by atoms with van der Waals surface area (Å²) in [5.41, 5.74) is 5.59. The summed E-state index contributed by atoms with van der Waals surface area (Å²) in [6.07, 6.45) is 8.48. The van der Waals surface area contributed by atoms with Gasteiger partial charge >= 0.3 is 0 Å². The van der Waals surface area contributed by atoms with Crippen LogP contribution < -0.4 is 0 Å². The number of piperidine rings is 1. The molecule has 37 heavy (non-hydrogen) atoms. The molecule has 1 aliphatic rings. The van der Waals surface area contributed by atoms with Gasteiger partial charge in [-0.2, -0.15) is 0 Å². The number of nitrogens with zero attached hydrogens (tertiary/aromatic N) is 2. The van der Waals surface area contributed by atoms with Crippen molar-refractivity contribution in [1.29, 1.82) is 0 Å². The van der Waals surface area contributed by atoms with Gasteiger partial charge in [0, 0.05) is 38.3 Å². The van der Waals surface area contributed by atoms with Crippen LogP contribution in [0.4, 0.5) is 0 Å². The lowest BCUT2D eigenvalue weighted by atomic mass is 9.87. The van der Waals surface area contributed by atoms with Crippen molar-refractivity contribution in [3.8, 4) is 0 Å². The van der Waals surface area contributed by atoms with Gasteiger partial charge in [-0.05, 0) is 41.5 Å². The molecule has 1 saturated heterocycles. The maximum atomic E-state index is 2.73. The lowest BCUT2D eigenvalue weighted by Crippen LogP contribution is -2.36. The largest absolute Gasteiger partial charge is 0.291 e. The van der Waals surface area contributed by atoms with Gasteiger partial charge in [0.05, 0.1) is 0 Å². The molecule has 0 saturated carbocycles. The van der Waals surface area contributed by atoms with E-state index < -0.39 is 0 Å². The highest BCUT2D eigenvalue weighted by molar-refractivity contribution is 5.25. The van der Waals surface area contributed by atoms with E-state index in [2.05, 4.69) is 143 Å². The first-order chi connectivity index (χ1) is 18.4. The van der Waals surface area contributed by atoms with E-state index in [1.807, 2.05) is 0 Å². The van der Waals surface area contributed by atoms with E-state index in [0.717, 1.165) is 26.2 Å². The maximum absolute atomic E-state index is 2.73. The predicted molar refractivity (Wildman–Crippen MR) is 155 cm³/mol. The van der Waals surface area contributed by atoms with Gasteiger partial charge in [0.25, 0.3) is 0 Å². The molecule has 0 bridgehead atoms. The number of likely N-dealkylation sites (tertiary alicyclic amines) is 1. The third kappa shape index (κ3) is 7.07. The van der Waals surface area contributed by atoms with E-state index >= 15 is 0 Å². The molecule has 0 aromatic heterocycles. The van der Waals surface area contributed by atoms with Crippen molar-refractivity contribution in [2.45, 2.75) is 44.4 Å². The molecule has 0 N–H and O–H groups in total. The molecular formula is C35H38N2. The molecule has 2 heteroatoms. The molecule has 1 fully saturated rings. The van der Waals surface area contributed by atoms with Crippen molar-refractivity contribution in [1.82, 2.24) is 9.80 Å². The van der Waals surface area contributed by atoms with Crippen molar-refractivity contribution >= 4 is 0 Å². The first-order valence-electron chi connectivity index (χ1n) is 13.7. The first-order valence-corrected chi connectivity index (χ1v) is 13.7. The van der Waals surface area contributed by atoms with Crippen LogP contribution in [0, 0.1) is 0 Å². The Balaban J connectivity index is 1.32. The summed E-state index contributed by atoms with van der Waals surface area (Å²) in [5.74, 6) is 0. The van der Waals surface area contributed by atoms with Gasteiger partial charge in [0.15, 0.2) is 0 Å². The second kappa shape index (κ2) is 13.2. The van der Waals surface area contributed by atoms with Gasteiger partial charge in [-0.25, -0.2) is 0 Å². The second-order valence-electron chi connectivity index (χ2n) is 10.1. The normalized spacial score (nSPS) is 18.4. The Hall–Kier alpha value is -3.46. The van der Waals surface area contributed by atoms with Gasteiger partial charge in [-0.15, -0.1) is 0 Å². The Morgan fingerprint density at radius 3 is 1.46 bits per heavy atom. The average Bonchev–Trinajstić information content (AvgIpc) is 2.97. The zero-order chi connectivity index (χ0) is 25.1. The lowest BCUT2D eigenvalue weighted by Gasteiger charge is -2.42. The summed E-state index contributed by atoms with van der Waals surface area (Å²) < 4.78 is 0. The topological polar surface area (TPSA) is 6.48 Å². The molecule has 0 spiro atoms. The fourth-order valence-corrected chi connectivity index (χ4v) is 5.66. The summed E-state index contributed by atoms with van der Waals surface area (Å²) in [4.78, 5) is 5.25. The van der Waals surface area contributed by atoms with Crippen LogP contribution in [0.2, 0.25) is 0 Å². The van der Waals surface area contributed by atoms with Crippen LogP contribution in [0.3, 0.4) is 0 Å². The summed E-state index contributed by atoms with van der Waals surface area (Å²) in [6, 6.07) is 44.7. The van der Waals surface area contributed by atoms with Crippen LogP contribution >= 0.6 is 0 Å². The molecule has 2 nitrogen and oxygen atoms in total. The number of hydrogen-bond acceptors (Lipinski definition) is 2. The highest BCUT2D eigenvalue weighted by atomic mass is 15.2. The summed E-state index contributed by atoms with van der Waals surface area (Å²) >= 11 is 0. The molecule has 0 amide bonds. The minimum Gasteiger partial charge on any atom is -0.291 e. The first kappa shape index (κ1) is 25.2. The zero-order valence-electron chi connectivity index (χ0n) is 21.7. The van der Waals surface area contributed by atoms with Crippen LogP contribution in [0.15, 0.2) is 133 Å². The molecule has 2 atom stereocenters. The van der Waals surface area contributed by atoms with Crippen LogP contribution in [0.25, 0.3) is 0 Å². The predicted octanol–water partition coefficient (Wildman–Crippen LogP) is 8.21. The average molecular weight is 487 g/mol. The van der Waals surface area contributed by atoms with Crippen LogP contribution in [0.5, 0.6) is 0 Å². The monoisotopic (exact) mass is 486 g/mol.